The van der Waals surface area contributed by atoms with Crippen molar-refractivity contribution in [2.75, 3.05) is 13.1 Å². The fourth-order valence-corrected chi connectivity index (χ4v) is 2.08. The van der Waals surface area contributed by atoms with Gasteiger partial charge in [-0.3, -0.25) is 20.9 Å². The van der Waals surface area contributed by atoms with Crippen LogP contribution in [0.1, 0.15) is 30.1 Å². The van der Waals surface area contributed by atoms with Crippen LogP contribution in [0.5, 0.6) is 0 Å². The Kier molecular flexibility index (Phi) is 6.48. The maximum Gasteiger partial charge on any atom is 0.257 e. The van der Waals surface area contributed by atoms with Crippen LogP contribution < -0.4 is 10.7 Å². The van der Waals surface area contributed by atoms with Crippen LogP contribution in [0.25, 0.3) is 0 Å². The molecule has 0 saturated carbocycles. The molecule has 1 aromatic rings. The Bertz CT molecular complexity index is 444. The number of nitrogens with one attached hydrogen (secondary N) is 3. The molecule has 5 nitrogen and oxygen atoms in total. The van der Waals surface area contributed by atoms with E-state index in [-0.39, 0.29) is 24.3 Å². The van der Waals surface area contributed by atoms with Gasteiger partial charge in [0.05, 0.1) is 0 Å². The second-order valence-corrected chi connectivity index (χ2v) is 4.98. The normalized spacial score (nSPS) is 16.1. The van der Waals surface area contributed by atoms with E-state index in [4.69, 9.17) is 5.41 Å². The molecule has 0 aliphatic carbocycles. The highest BCUT2D eigenvalue weighted by Crippen LogP contribution is 2.13. The summed E-state index contributed by atoms with van der Waals surface area (Å²) in [5.74, 6) is 0.512. The lowest BCUT2D eigenvalue weighted by atomic mass is 10.0. The monoisotopic (exact) mass is 296 g/mol. The summed E-state index contributed by atoms with van der Waals surface area (Å²) in [7, 11) is 0. The van der Waals surface area contributed by atoms with E-state index in [1.807, 2.05) is 11.1 Å². The zero-order valence-electron chi connectivity index (χ0n) is 11.6. The Labute approximate surface area is 125 Å². The fourth-order valence-electron chi connectivity index (χ4n) is 2.08. The number of amides is 1. The molecule has 20 heavy (non-hydrogen) atoms. The van der Waals surface area contributed by atoms with Crippen molar-refractivity contribution in [1.82, 2.24) is 15.8 Å². The lowest BCUT2D eigenvalue weighted by Crippen LogP contribution is -2.51. The van der Waals surface area contributed by atoms with Crippen molar-refractivity contribution in [1.29, 1.82) is 5.41 Å². The quantitative estimate of drug-likeness (QED) is 0.578. The van der Waals surface area contributed by atoms with Crippen LogP contribution in [0.3, 0.4) is 0 Å². The zero-order valence-corrected chi connectivity index (χ0v) is 12.4. The Morgan fingerprint density at radius 2 is 1.85 bits per heavy atom. The second-order valence-electron chi connectivity index (χ2n) is 4.98. The smallest absolute Gasteiger partial charge is 0.257 e. The highest BCUT2D eigenvalue weighted by molar-refractivity contribution is 6.04. The SMILES string of the molecule is CC1CCN(NC(=N)NC(=O)c2ccccc2)CC1.Cl. The summed E-state index contributed by atoms with van der Waals surface area (Å²) >= 11 is 0. The number of hydrogen-bond donors (Lipinski definition) is 3. The van der Waals surface area contributed by atoms with Crippen LogP contribution in [-0.4, -0.2) is 30.0 Å². The van der Waals surface area contributed by atoms with E-state index in [2.05, 4.69) is 17.7 Å². The van der Waals surface area contributed by atoms with Crippen molar-refractivity contribution < 1.29 is 4.79 Å². The first-order valence-corrected chi connectivity index (χ1v) is 6.61. The Hall–Kier alpha value is -1.59. The molecular weight excluding hydrogens is 276 g/mol. The van der Waals surface area contributed by atoms with Gasteiger partial charge >= 0.3 is 0 Å². The van der Waals surface area contributed by atoms with Gasteiger partial charge in [-0.15, -0.1) is 12.4 Å². The van der Waals surface area contributed by atoms with Crippen molar-refractivity contribution in [3.8, 4) is 0 Å². The number of benzene rings is 1. The molecule has 0 unspecified atom stereocenters. The molecule has 1 saturated heterocycles. The molecule has 6 heteroatoms. The molecule has 1 aromatic carbocycles. The highest BCUT2D eigenvalue weighted by Gasteiger charge is 2.16. The number of carbonyl (C=O) groups is 1. The summed E-state index contributed by atoms with van der Waals surface area (Å²) in [5.41, 5.74) is 3.48. The third-order valence-electron chi connectivity index (χ3n) is 3.33. The lowest BCUT2D eigenvalue weighted by molar-refractivity contribution is 0.0969. The van der Waals surface area contributed by atoms with Crippen LogP contribution in [0, 0.1) is 11.3 Å². The molecule has 0 aromatic heterocycles. The molecule has 3 N–H and O–H groups in total. The predicted molar refractivity (Wildman–Crippen MR) is 82.0 cm³/mol. The first-order chi connectivity index (χ1) is 9.15. The van der Waals surface area contributed by atoms with Gasteiger partial charge in [-0.25, -0.2) is 5.01 Å². The van der Waals surface area contributed by atoms with Gasteiger partial charge in [0, 0.05) is 18.7 Å². The lowest BCUT2D eigenvalue weighted by Gasteiger charge is -2.30. The number of halogens is 1. The van der Waals surface area contributed by atoms with Crippen molar-refractivity contribution in [3.63, 3.8) is 0 Å². The van der Waals surface area contributed by atoms with Gasteiger partial charge in [-0.05, 0) is 30.9 Å². The third kappa shape index (κ3) is 4.83. The number of hydrogen-bond acceptors (Lipinski definition) is 3. The summed E-state index contributed by atoms with van der Waals surface area (Å²) in [6.07, 6.45) is 2.24. The number of rotatable bonds is 2. The average molecular weight is 297 g/mol. The van der Waals surface area contributed by atoms with Crippen molar-refractivity contribution >= 4 is 24.3 Å². The van der Waals surface area contributed by atoms with E-state index < -0.39 is 0 Å². The van der Waals surface area contributed by atoms with Gasteiger partial charge in [0.1, 0.15) is 0 Å². The molecule has 0 radical (unpaired) electrons. The van der Waals surface area contributed by atoms with E-state index in [9.17, 15) is 4.79 Å². The second kappa shape index (κ2) is 7.87. The minimum absolute atomic E-state index is 0. The minimum Gasteiger partial charge on any atom is -0.292 e. The topological polar surface area (TPSA) is 68.2 Å². The summed E-state index contributed by atoms with van der Waals surface area (Å²) in [6, 6.07) is 8.92. The third-order valence-corrected chi connectivity index (χ3v) is 3.33. The molecule has 1 aliphatic rings. The van der Waals surface area contributed by atoms with Gasteiger partial charge in [0.25, 0.3) is 5.91 Å². The molecule has 1 amide bonds. The molecule has 110 valence electrons. The van der Waals surface area contributed by atoms with Crippen LogP contribution in [0.15, 0.2) is 30.3 Å². The van der Waals surface area contributed by atoms with E-state index in [0.717, 1.165) is 31.8 Å². The van der Waals surface area contributed by atoms with Crippen LogP contribution in [0.2, 0.25) is 0 Å². The van der Waals surface area contributed by atoms with Gasteiger partial charge in [0.15, 0.2) is 0 Å². The first kappa shape index (κ1) is 16.5. The van der Waals surface area contributed by atoms with Crippen LogP contribution in [-0.2, 0) is 0 Å². The molecule has 0 spiro atoms. The van der Waals surface area contributed by atoms with E-state index in [0.29, 0.717) is 5.56 Å². The maximum atomic E-state index is 11.8. The molecule has 1 heterocycles. The van der Waals surface area contributed by atoms with E-state index in [1.54, 1.807) is 24.3 Å². The van der Waals surface area contributed by atoms with Crippen LogP contribution in [0.4, 0.5) is 0 Å². The molecule has 0 atom stereocenters. The van der Waals surface area contributed by atoms with Gasteiger partial charge in [-0.1, -0.05) is 25.1 Å². The van der Waals surface area contributed by atoms with Crippen molar-refractivity contribution in [2.45, 2.75) is 19.8 Å². The number of guanidine groups is 1. The number of piperidine rings is 1. The van der Waals surface area contributed by atoms with Gasteiger partial charge < -0.3 is 0 Å². The first-order valence-electron chi connectivity index (χ1n) is 6.61. The Morgan fingerprint density at radius 3 is 2.45 bits per heavy atom. The van der Waals surface area contributed by atoms with Gasteiger partial charge in [-0.2, -0.15) is 0 Å². The van der Waals surface area contributed by atoms with E-state index >= 15 is 0 Å². The average Bonchev–Trinajstić information content (AvgIpc) is 2.42. The molecule has 1 aliphatic heterocycles. The largest absolute Gasteiger partial charge is 0.292 e. The molecule has 0 bridgehead atoms. The molecular formula is C14H21ClN4O. The standard InChI is InChI=1S/C14H20N4O.ClH/c1-11-7-9-18(10-8-11)17-14(15)16-13(19)12-5-3-2-4-6-12;/h2-6,11H,7-10H2,1H3,(H3,15,16,17,19);1H. The van der Waals surface area contributed by atoms with Crippen molar-refractivity contribution in [3.05, 3.63) is 35.9 Å². The maximum absolute atomic E-state index is 11.8. The van der Waals surface area contributed by atoms with E-state index in [1.165, 1.54) is 0 Å². The predicted octanol–water partition coefficient (Wildman–Crippen LogP) is 2.01. The Morgan fingerprint density at radius 1 is 1.25 bits per heavy atom. The molecule has 1 fully saturated rings. The summed E-state index contributed by atoms with van der Waals surface area (Å²) in [4.78, 5) is 11.8. The summed E-state index contributed by atoms with van der Waals surface area (Å²) in [5, 5.41) is 12.3. The number of nitrogens with zero attached hydrogens (tertiary/aromatic N) is 1. The van der Waals surface area contributed by atoms with Crippen molar-refractivity contribution in [2.24, 2.45) is 5.92 Å². The fraction of sp³-hybridized carbons (Fsp3) is 0.429. The summed E-state index contributed by atoms with van der Waals surface area (Å²) in [6.45, 7) is 4.05. The molecule has 2 rings (SSSR count). The zero-order chi connectivity index (χ0) is 13.7. The highest BCUT2D eigenvalue weighted by atomic mass is 35.5. The number of hydrazine groups is 1. The summed E-state index contributed by atoms with van der Waals surface area (Å²) < 4.78 is 0. The number of carbonyl (C=O) groups excluding carboxylic acids is 1. The van der Waals surface area contributed by atoms with Gasteiger partial charge in [0.2, 0.25) is 5.96 Å². The van der Waals surface area contributed by atoms with Crippen LogP contribution >= 0.6 is 12.4 Å². The minimum atomic E-state index is -0.261. The Balaban J connectivity index is 0.00000200.